The molecule has 1 unspecified atom stereocenters. The lowest BCUT2D eigenvalue weighted by Gasteiger charge is -2.21. The molecule has 1 fully saturated rings. The van der Waals surface area contributed by atoms with Gasteiger partial charge in [-0.25, -0.2) is 4.39 Å². The summed E-state index contributed by atoms with van der Waals surface area (Å²) < 4.78 is 21.1. The Labute approximate surface area is 193 Å². The molecule has 3 aromatic rings. The van der Waals surface area contributed by atoms with Crippen molar-refractivity contribution in [2.45, 2.75) is 33.2 Å². The number of carbonyl (C=O) groups is 1. The van der Waals surface area contributed by atoms with E-state index in [0.29, 0.717) is 20.6 Å². The molecule has 1 atom stereocenters. The lowest BCUT2D eigenvalue weighted by Crippen LogP contribution is -2.36. The molecule has 0 spiro atoms. The number of thiocarbonyl (C=S) groups is 1. The Balaban J connectivity index is 1.87. The Morgan fingerprint density at radius 3 is 2.66 bits per heavy atom. The molecule has 32 heavy (non-hydrogen) atoms. The van der Waals surface area contributed by atoms with E-state index in [-0.39, 0.29) is 29.0 Å². The third-order valence-electron chi connectivity index (χ3n) is 5.21. The van der Waals surface area contributed by atoms with Crippen LogP contribution in [0, 0.1) is 12.7 Å². The molecule has 0 N–H and O–H groups in total. The lowest BCUT2D eigenvalue weighted by molar-refractivity contribution is -0.123. The predicted octanol–water partition coefficient (Wildman–Crippen LogP) is 4.93. The Hall–Kier alpha value is -3.04. The van der Waals surface area contributed by atoms with Crippen molar-refractivity contribution in [2.75, 3.05) is 0 Å². The zero-order valence-electron chi connectivity index (χ0n) is 17.7. The number of ether oxygens (including phenoxy) is 1. The third kappa shape index (κ3) is 4.05. The molecular weight excluding hydrogens is 449 g/mol. The van der Waals surface area contributed by atoms with Crippen molar-refractivity contribution in [2.24, 2.45) is 0 Å². The van der Waals surface area contributed by atoms with E-state index >= 15 is 0 Å². The minimum atomic E-state index is -0.409. The topological polar surface area (TPSA) is 63.9 Å². The number of hydrogen-bond acceptors (Lipinski definition) is 6. The van der Waals surface area contributed by atoms with E-state index in [1.807, 2.05) is 26.8 Å². The van der Waals surface area contributed by atoms with Gasteiger partial charge in [-0.1, -0.05) is 37.0 Å². The van der Waals surface area contributed by atoms with Crippen molar-refractivity contribution in [3.05, 3.63) is 74.8 Å². The molecule has 9 heteroatoms. The van der Waals surface area contributed by atoms with Crippen LogP contribution < -0.4 is 10.3 Å². The number of thioether (sulfide) groups is 1. The van der Waals surface area contributed by atoms with Gasteiger partial charge in [0.15, 0.2) is 0 Å². The van der Waals surface area contributed by atoms with Crippen LogP contribution >= 0.6 is 24.0 Å². The van der Waals surface area contributed by atoms with E-state index in [0.717, 1.165) is 23.7 Å². The number of rotatable bonds is 5. The van der Waals surface area contributed by atoms with Crippen LogP contribution in [0.1, 0.15) is 31.4 Å². The zero-order valence-corrected chi connectivity index (χ0v) is 19.3. The highest BCUT2D eigenvalue weighted by molar-refractivity contribution is 8.26. The van der Waals surface area contributed by atoms with Gasteiger partial charge in [-0.15, -0.1) is 0 Å². The first-order chi connectivity index (χ1) is 15.3. The summed E-state index contributed by atoms with van der Waals surface area (Å²) in [6, 6.07) is 8.93. The molecule has 1 saturated heterocycles. The van der Waals surface area contributed by atoms with Gasteiger partial charge in [-0.05, 0) is 62.2 Å². The number of nitrogens with zero attached hydrogens (tertiary/aromatic N) is 3. The van der Waals surface area contributed by atoms with E-state index in [1.165, 1.54) is 34.7 Å². The minimum Gasteiger partial charge on any atom is -0.438 e. The quantitative estimate of drug-likeness (QED) is 0.390. The van der Waals surface area contributed by atoms with Crippen molar-refractivity contribution >= 4 is 45.9 Å². The standard InChI is InChI=1S/C23H20FN3O3S2/c1-4-14(3)27-22(29)18(32-23(27)31)12-17-20(30-16-9-7-15(24)8-10-16)25-19-13(2)6-5-11-26(19)21(17)28/h5-12,14H,4H2,1-3H3/b18-12+. The van der Waals surface area contributed by atoms with Crippen molar-refractivity contribution in [3.8, 4) is 11.6 Å². The molecule has 1 aromatic carbocycles. The van der Waals surface area contributed by atoms with Gasteiger partial charge in [0.2, 0.25) is 5.88 Å². The second-order valence-corrected chi connectivity index (χ2v) is 9.06. The van der Waals surface area contributed by atoms with Crippen molar-refractivity contribution in [1.82, 2.24) is 14.3 Å². The SMILES string of the molecule is CCC(C)N1C(=O)/C(=C\c2c(Oc3ccc(F)cc3)nc3c(C)cccn3c2=O)SC1=S. The van der Waals surface area contributed by atoms with Gasteiger partial charge in [0.1, 0.15) is 27.1 Å². The van der Waals surface area contributed by atoms with Crippen molar-refractivity contribution < 1.29 is 13.9 Å². The van der Waals surface area contributed by atoms with Crippen LogP contribution in [0.2, 0.25) is 0 Å². The van der Waals surface area contributed by atoms with E-state index in [9.17, 15) is 14.0 Å². The maximum absolute atomic E-state index is 13.4. The molecule has 0 bridgehead atoms. The second-order valence-electron chi connectivity index (χ2n) is 7.39. The number of hydrogen-bond donors (Lipinski definition) is 0. The normalized spacial score (nSPS) is 16.2. The summed E-state index contributed by atoms with van der Waals surface area (Å²) in [5.74, 6) is -0.313. The summed E-state index contributed by atoms with van der Waals surface area (Å²) in [6.07, 6.45) is 3.84. The van der Waals surface area contributed by atoms with Gasteiger partial charge in [0.25, 0.3) is 11.5 Å². The molecule has 1 amide bonds. The summed E-state index contributed by atoms with van der Waals surface area (Å²) in [6.45, 7) is 5.73. The maximum Gasteiger partial charge on any atom is 0.269 e. The summed E-state index contributed by atoms with van der Waals surface area (Å²) in [4.78, 5) is 32.8. The van der Waals surface area contributed by atoms with Gasteiger partial charge < -0.3 is 4.74 Å². The fraction of sp³-hybridized carbons (Fsp3) is 0.217. The molecule has 0 saturated carbocycles. The summed E-state index contributed by atoms with van der Waals surface area (Å²) >= 11 is 6.53. The fourth-order valence-corrected chi connectivity index (χ4v) is 4.73. The Bertz CT molecular complexity index is 1320. The molecule has 4 rings (SSSR count). The average molecular weight is 470 g/mol. The minimum absolute atomic E-state index is 0.0321. The Morgan fingerprint density at radius 2 is 1.97 bits per heavy atom. The molecule has 2 aromatic heterocycles. The Morgan fingerprint density at radius 1 is 1.25 bits per heavy atom. The highest BCUT2D eigenvalue weighted by atomic mass is 32.2. The first kappa shape index (κ1) is 22.2. The first-order valence-electron chi connectivity index (χ1n) is 10.0. The van der Waals surface area contributed by atoms with E-state index in [1.54, 1.807) is 17.2 Å². The van der Waals surface area contributed by atoms with Crippen LogP contribution in [-0.2, 0) is 4.79 Å². The summed E-state index contributed by atoms with van der Waals surface area (Å²) in [7, 11) is 0. The van der Waals surface area contributed by atoms with E-state index < -0.39 is 5.82 Å². The predicted molar refractivity (Wildman–Crippen MR) is 127 cm³/mol. The van der Waals surface area contributed by atoms with Gasteiger partial charge in [0, 0.05) is 12.2 Å². The fourth-order valence-electron chi connectivity index (χ4n) is 3.28. The van der Waals surface area contributed by atoms with E-state index in [4.69, 9.17) is 17.0 Å². The van der Waals surface area contributed by atoms with Crippen LogP contribution in [0.3, 0.4) is 0 Å². The first-order valence-corrected chi connectivity index (χ1v) is 11.2. The van der Waals surface area contributed by atoms with E-state index in [2.05, 4.69) is 4.98 Å². The molecule has 6 nitrogen and oxygen atoms in total. The molecule has 164 valence electrons. The maximum atomic E-state index is 13.4. The van der Waals surface area contributed by atoms with Crippen molar-refractivity contribution in [1.29, 1.82) is 0 Å². The van der Waals surface area contributed by atoms with Gasteiger partial charge in [-0.3, -0.25) is 18.9 Å². The van der Waals surface area contributed by atoms with Crippen molar-refractivity contribution in [3.63, 3.8) is 0 Å². The monoisotopic (exact) mass is 469 g/mol. The number of halogens is 1. The molecular formula is C23H20FN3O3S2. The number of pyridine rings is 1. The number of fused-ring (bicyclic) bond motifs is 1. The number of aryl methyl sites for hydroxylation is 1. The number of amides is 1. The Kier molecular flexibility index (Phi) is 6.12. The molecule has 0 aliphatic carbocycles. The largest absolute Gasteiger partial charge is 0.438 e. The summed E-state index contributed by atoms with van der Waals surface area (Å²) in [5.41, 5.74) is 0.939. The highest BCUT2D eigenvalue weighted by Gasteiger charge is 2.35. The van der Waals surface area contributed by atoms with Gasteiger partial charge in [-0.2, -0.15) is 4.98 Å². The zero-order chi connectivity index (χ0) is 23.0. The number of aromatic nitrogens is 2. The molecule has 3 heterocycles. The van der Waals surface area contributed by atoms with Gasteiger partial charge in [0.05, 0.1) is 4.91 Å². The molecule has 0 radical (unpaired) electrons. The third-order valence-corrected chi connectivity index (χ3v) is 6.54. The van der Waals surface area contributed by atoms with Crippen LogP contribution in [-0.4, -0.2) is 30.6 Å². The van der Waals surface area contributed by atoms with Gasteiger partial charge >= 0.3 is 0 Å². The molecule has 1 aliphatic rings. The molecule has 1 aliphatic heterocycles. The average Bonchev–Trinajstić information content (AvgIpc) is 3.05. The lowest BCUT2D eigenvalue weighted by atomic mass is 10.2. The highest BCUT2D eigenvalue weighted by Crippen LogP contribution is 2.35. The smallest absolute Gasteiger partial charge is 0.269 e. The number of benzene rings is 1. The number of carbonyl (C=O) groups excluding carboxylic acids is 1. The van der Waals surface area contributed by atoms with Crippen LogP contribution in [0.25, 0.3) is 11.7 Å². The summed E-state index contributed by atoms with van der Waals surface area (Å²) in [5, 5.41) is 0. The van der Waals surface area contributed by atoms with Crippen LogP contribution in [0.15, 0.2) is 52.3 Å². The van der Waals surface area contributed by atoms with Crippen LogP contribution in [0.5, 0.6) is 11.6 Å². The van der Waals surface area contributed by atoms with Crippen LogP contribution in [0.4, 0.5) is 4.39 Å². The second kappa shape index (κ2) is 8.84.